The van der Waals surface area contributed by atoms with E-state index >= 15 is 0 Å². The van der Waals surface area contributed by atoms with Gasteiger partial charge in [0.05, 0.1) is 5.56 Å². The summed E-state index contributed by atoms with van der Waals surface area (Å²) in [6, 6.07) is 19.8. The standard InChI is InChI=1S/C32H35F3N4O/c1-23-21-26(24(2)39(23)29-11-8-10-27(22-29)32(33,34)35)15-17-28-16-14-25-9-5-6-12-30(25)38(28)20-7-3-4-13-31(40)37-19-18-36/h5-6,8-12,14-17,21-22H,3-4,7,13,18-20,36H2,1-2H3/p+1. The number of para-hydroxylation sites is 1. The van der Waals surface area contributed by atoms with E-state index in [1.165, 1.54) is 12.1 Å². The van der Waals surface area contributed by atoms with Gasteiger partial charge in [-0.15, -0.1) is 0 Å². The Morgan fingerprint density at radius 2 is 1.77 bits per heavy atom. The maximum Gasteiger partial charge on any atom is 0.416 e. The molecule has 4 rings (SSSR count). The maximum absolute atomic E-state index is 13.3. The highest BCUT2D eigenvalue weighted by Crippen LogP contribution is 2.31. The van der Waals surface area contributed by atoms with Crippen molar-refractivity contribution in [1.29, 1.82) is 0 Å². The van der Waals surface area contributed by atoms with Gasteiger partial charge in [0.2, 0.25) is 17.1 Å². The van der Waals surface area contributed by atoms with Gasteiger partial charge < -0.3 is 15.6 Å². The number of aryl methyl sites for hydroxylation is 2. The van der Waals surface area contributed by atoms with Gasteiger partial charge in [-0.1, -0.05) is 18.2 Å². The average Bonchev–Trinajstić information content (AvgIpc) is 3.22. The molecule has 0 radical (unpaired) electrons. The molecule has 0 saturated carbocycles. The number of aromatic nitrogens is 2. The number of hydrogen-bond acceptors (Lipinski definition) is 2. The minimum absolute atomic E-state index is 0.0367. The predicted molar refractivity (Wildman–Crippen MR) is 154 cm³/mol. The lowest BCUT2D eigenvalue weighted by Crippen LogP contribution is -2.38. The maximum atomic E-state index is 13.3. The zero-order chi connectivity index (χ0) is 28.7. The first-order valence-corrected chi connectivity index (χ1v) is 13.6. The number of halogens is 3. The number of pyridine rings is 1. The van der Waals surface area contributed by atoms with Crippen LogP contribution in [0, 0.1) is 13.8 Å². The first-order chi connectivity index (χ1) is 19.2. The molecule has 0 unspecified atom stereocenters. The number of benzene rings is 2. The normalized spacial score (nSPS) is 11.9. The molecule has 0 spiro atoms. The molecule has 0 bridgehead atoms. The van der Waals surface area contributed by atoms with Crippen molar-refractivity contribution in [1.82, 2.24) is 9.88 Å². The molecule has 40 heavy (non-hydrogen) atoms. The average molecular weight is 550 g/mol. The number of alkyl halides is 3. The SMILES string of the molecule is Cc1cc(/C=C/c2ccc3ccccc3[n+]2CCCCCC(=O)NCCN)c(C)n1-c1cccc(C(F)(F)F)c1. The number of carbonyl (C=O) groups is 1. The Balaban J connectivity index is 1.56. The van der Waals surface area contributed by atoms with Gasteiger partial charge in [0, 0.05) is 66.6 Å². The van der Waals surface area contributed by atoms with Crippen LogP contribution in [0.15, 0.2) is 66.7 Å². The summed E-state index contributed by atoms with van der Waals surface area (Å²) in [6.07, 6.45) is 2.85. The first-order valence-electron chi connectivity index (χ1n) is 13.6. The molecule has 0 aliphatic rings. The molecule has 5 nitrogen and oxygen atoms in total. The first kappa shape index (κ1) is 29.1. The number of rotatable bonds is 11. The molecule has 0 atom stereocenters. The van der Waals surface area contributed by atoms with Gasteiger partial charge >= 0.3 is 6.18 Å². The zero-order valence-electron chi connectivity index (χ0n) is 23.0. The second kappa shape index (κ2) is 13.0. The fraction of sp³-hybridized carbons (Fsp3) is 0.312. The number of carbonyl (C=O) groups excluding carboxylic acids is 1. The summed E-state index contributed by atoms with van der Waals surface area (Å²) in [5.74, 6) is 0.0367. The van der Waals surface area contributed by atoms with E-state index in [1.807, 2.05) is 42.7 Å². The van der Waals surface area contributed by atoms with Gasteiger partial charge in [0.1, 0.15) is 6.54 Å². The van der Waals surface area contributed by atoms with E-state index in [4.69, 9.17) is 5.73 Å². The van der Waals surface area contributed by atoms with Crippen molar-refractivity contribution in [2.24, 2.45) is 5.73 Å². The summed E-state index contributed by atoms with van der Waals surface area (Å²) in [7, 11) is 0. The highest BCUT2D eigenvalue weighted by atomic mass is 19.4. The highest BCUT2D eigenvalue weighted by molar-refractivity contribution is 5.77. The minimum Gasteiger partial charge on any atom is -0.355 e. The van der Waals surface area contributed by atoms with E-state index in [2.05, 4.69) is 40.2 Å². The quantitative estimate of drug-likeness (QED) is 0.169. The van der Waals surface area contributed by atoms with E-state index in [0.29, 0.717) is 25.2 Å². The summed E-state index contributed by atoms with van der Waals surface area (Å²) in [4.78, 5) is 11.9. The molecule has 0 aliphatic heterocycles. The number of fused-ring (bicyclic) bond motifs is 1. The molecular formula is C32H36F3N4O+. The Hall–Kier alpha value is -3.91. The van der Waals surface area contributed by atoms with E-state index in [1.54, 1.807) is 6.07 Å². The van der Waals surface area contributed by atoms with Gasteiger partial charge in [-0.2, -0.15) is 17.7 Å². The van der Waals surface area contributed by atoms with Gasteiger partial charge in [-0.25, -0.2) is 0 Å². The lowest BCUT2D eigenvalue weighted by atomic mass is 10.1. The van der Waals surface area contributed by atoms with Crippen molar-refractivity contribution in [2.75, 3.05) is 13.1 Å². The molecule has 2 aromatic carbocycles. The largest absolute Gasteiger partial charge is 0.416 e. The summed E-state index contributed by atoms with van der Waals surface area (Å²) in [6.45, 7) is 5.56. The summed E-state index contributed by atoms with van der Waals surface area (Å²) in [5.41, 5.74) is 10.1. The predicted octanol–water partition coefficient (Wildman–Crippen LogP) is 6.36. The van der Waals surface area contributed by atoms with Crippen LogP contribution in [0.3, 0.4) is 0 Å². The Morgan fingerprint density at radius 1 is 0.975 bits per heavy atom. The van der Waals surface area contributed by atoms with Gasteiger partial charge in [-0.05, 0) is 74.7 Å². The van der Waals surface area contributed by atoms with Gasteiger partial charge in [0.25, 0.3) is 0 Å². The van der Waals surface area contributed by atoms with Crippen molar-refractivity contribution >= 4 is 29.0 Å². The number of nitrogens with two attached hydrogens (primary N) is 1. The van der Waals surface area contributed by atoms with E-state index in [0.717, 1.165) is 65.4 Å². The molecule has 3 N–H and O–H groups in total. The highest BCUT2D eigenvalue weighted by Gasteiger charge is 2.30. The molecule has 0 aliphatic carbocycles. The van der Waals surface area contributed by atoms with Crippen molar-refractivity contribution in [3.05, 3.63) is 94.9 Å². The minimum atomic E-state index is -4.39. The van der Waals surface area contributed by atoms with Crippen LogP contribution in [0.25, 0.3) is 28.7 Å². The number of unbranched alkanes of at least 4 members (excludes halogenated alkanes) is 2. The summed E-state index contributed by atoms with van der Waals surface area (Å²) >= 11 is 0. The van der Waals surface area contributed by atoms with Crippen LogP contribution in [0.1, 0.15) is 53.9 Å². The summed E-state index contributed by atoms with van der Waals surface area (Å²) in [5, 5.41) is 3.95. The molecule has 0 saturated heterocycles. The van der Waals surface area contributed by atoms with Crippen LogP contribution in [-0.4, -0.2) is 23.6 Å². The lowest BCUT2D eigenvalue weighted by Gasteiger charge is -2.13. The van der Waals surface area contributed by atoms with Crippen molar-refractivity contribution in [2.45, 2.75) is 52.3 Å². The smallest absolute Gasteiger partial charge is 0.355 e. The molecule has 2 aromatic heterocycles. The van der Waals surface area contributed by atoms with E-state index in [-0.39, 0.29) is 5.91 Å². The number of nitrogens with one attached hydrogen (secondary N) is 1. The molecular weight excluding hydrogens is 513 g/mol. The van der Waals surface area contributed by atoms with Crippen LogP contribution < -0.4 is 15.6 Å². The Morgan fingerprint density at radius 3 is 2.55 bits per heavy atom. The van der Waals surface area contributed by atoms with Gasteiger partial charge in [-0.3, -0.25) is 4.79 Å². The second-order valence-corrected chi connectivity index (χ2v) is 9.96. The van der Waals surface area contributed by atoms with Crippen LogP contribution in [-0.2, 0) is 17.5 Å². The van der Waals surface area contributed by atoms with Crippen LogP contribution in [0.5, 0.6) is 0 Å². The Kier molecular flexibility index (Phi) is 9.42. The monoisotopic (exact) mass is 549 g/mol. The van der Waals surface area contributed by atoms with Crippen molar-refractivity contribution < 1.29 is 22.5 Å². The fourth-order valence-corrected chi connectivity index (χ4v) is 5.06. The van der Waals surface area contributed by atoms with Crippen LogP contribution in [0.2, 0.25) is 0 Å². The zero-order valence-corrected chi connectivity index (χ0v) is 23.0. The van der Waals surface area contributed by atoms with Crippen molar-refractivity contribution in [3.63, 3.8) is 0 Å². The third-order valence-electron chi connectivity index (χ3n) is 7.06. The second-order valence-electron chi connectivity index (χ2n) is 9.96. The van der Waals surface area contributed by atoms with Crippen LogP contribution >= 0.6 is 0 Å². The summed E-state index contributed by atoms with van der Waals surface area (Å²) < 4.78 is 44.1. The molecule has 2 heterocycles. The number of nitrogens with zero attached hydrogens (tertiary/aromatic N) is 2. The number of hydrogen-bond donors (Lipinski definition) is 2. The third-order valence-corrected chi connectivity index (χ3v) is 7.06. The van der Waals surface area contributed by atoms with Crippen molar-refractivity contribution in [3.8, 4) is 5.69 Å². The number of amides is 1. The topological polar surface area (TPSA) is 63.9 Å². The lowest BCUT2D eigenvalue weighted by molar-refractivity contribution is -0.673. The molecule has 8 heteroatoms. The third kappa shape index (κ3) is 6.99. The molecule has 4 aromatic rings. The molecule has 1 amide bonds. The molecule has 210 valence electrons. The fourth-order valence-electron chi connectivity index (χ4n) is 5.06. The van der Waals surface area contributed by atoms with E-state index in [9.17, 15) is 18.0 Å². The Labute approximate surface area is 233 Å². The Bertz CT molecular complexity index is 1500. The molecule has 0 fully saturated rings. The van der Waals surface area contributed by atoms with Gasteiger partial charge in [0.15, 0.2) is 0 Å². The van der Waals surface area contributed by atoms with Crippen LogP contribution in [0.4, 0.5) is 13.2 Å². The van der Waals surface area contributed by atoms with E-state index < -0.39 is 11.7 Å².